The summed E-state index contributed by atoms with van der Waals surface area (Å²) in [5, 5.41) is 0. The molecule has 0 amide bonds. The van der Waals surface area contributed by atoms with Crippen molar-refractivity contribution in [3.63, 3.8) is 0 Å². The zero-order valence-corrected chi connectivity index (χ0v) is 10.8. The highest BCUT2D eigenvalue weighted by Crippen LogP contribution is 2.24. The van der Waals surface area contributed by atoms with E-state index in [1.807, 2.05) is 18.2 Å². The highest BCUT2D eigenvalue weighted by atomic mass is 79.9. The summed E-state index contributed by atoms with van der Waals surface area (Å²) in [6.07, 6.45) is 3.05. The first-order valence-corrected chi connectivity index (χ1v) is 5.65. The monoisotopic (exact) mass is 284 g/mol. The van der Waals surface area contributed by atoms with E-state index in [9.17, 15) is 4.79 Å². The maximum absolute atomic E-state index is 11.1. The van der Waals surface area contributed by atoms with E-state index in [1.54, 1.807) is 20.1 Å². The number of halogens is 1. The number of hydrogen-bond acceptors (Lipinski definition) is 3. The van der Waals surface area contributed by atoms with Crippen molar-refractivity contribution in [3.8, 4) is 5.75 Å². The molecule has 1 rings (SSSR count). The maximum atomic E-state index is 11.1. The molecular formula is C12H13BrO3. The third kappa shape index (κ3) is 3.70. The van der Waals surface area contributed by atoms with Crippen LogP contribution in [0.2, 0.25) is 0 Å². The molecule has 0 aliphatic rings. The number of methoxy groups -OCH3 is 1. The fourth-order valence-corrected chi connectivity index (χ4v) is 1.51. The minimum Gasteiger partial charge on any atom is -0.496 e. The molecule has 0 bridgehead atoms. The van der Waals surface area contributed by atoms with Crippen molar-refractivity contribution in [1.29, 1.82) is 0 Å². The Kier molecular flexibility index (Phi) is 5.05. The van der Waals surface area contributed by atoms with Crippen molar-refractivity contribution in [2.24, 2.45) is 0 Å². The molecule has 0 unspecified atom stereocenters. The van der Waals surface area contributed by atoms with Crippen LogP contribution < -0.4 is 4.74 Å². The van der Waals surface area contributed by atoms with Crippen molar-refractivity contribution in [1.82, 2.24) is 0 Å². The van der Waals surface area contributed by atoms with Crippen LogP contribution in [-0.4, -0.2) is 19.7 Å². The van der Waals surface area contributed by atoms with Crippen molar-refractivity contribution in [2.45, 2.75) is 6.92 Å². The second-order valence-electron chi connectivity index (χ2n) is 2.97. The number of hydrogen-bond donors (Lipinski definition) is 0. The fraction of sp³-hybridized carbons (Fsp3) is 0.250. The Balaban J connectivity index is 2.84. The van der Waals surface area contributed by atoms with Crippen LogP contribution in [0.15, 0.2) is 28.7 Å². The van der Waals surface area contributed by atoms with E-state index in [1.165, 1.54) is 6.08 Å². The molecule has 0 saturated carbocycles. The van der Waals surface area contributed by atoms with Crippen LogP contribution in [0.25, 0.3) is 6.08 Å². The molecule has 1 aromatic rings. The molecule has 0 fully saturated rings. The summed E-state index contributed by atoms with van der Waals surface area (Å²) in [5.74, 6) is 0.349. The van der Waals surface area contributed by atoms with Gasteiger partial charge in [-0.3, -0.25) is 0 Å². The molecule has 0 atom stereocenters. The Morgan fingerprint density at radius 2 is 2.25 bits per heavy atom. The summed E-state index contributed by atoms with van der Waals surface area (Å²) in [6.45, 7) is 2.15. The second-order valence-corrected chi connectivity index (χ2v) is 3.89. The standard InChI is InChI=1S/C12H13BrO3/c1-3-16-12(14)7-5-9-4-6-10(13)8-11(9)15-2/h4-8H,3H2,1-2H3/b7-5+. The normalized spacial score (nSPS) is 10.4. The first kappa shape index (κ1) is 12.8. The summed E-state index contributed by atoms with van der Waals surface area (Å²) in [4.78, 5) is 11.1. The number of ether oxygens (including phenoxy) is 2. The molecule has 86 valence electrons. The summed E-state index contributed by atoms with van der Waals surface area (Å²) in [6, 6.07) is 5.58. The number of carbonyl (C=O) groups is 1. The highest BCUT2D eigenvalue weighted by molar-refractivity contribution is 9.10. The summed E-state index contributed by atoms with van der Waals surface area (Å²) in [7, 11) is 1.59. The van der Waals surface area contributed by atoms with Gasteiger partial charge in [-0.1, -0.05) is 22.0 Å². The van der Waals surface area contributed by atoms with Gasteiger partial charge in [0.25, 0.3) is 0 Å². The van der Waals surface area contributed by atoms with Gasteiger partial charge >= 0.3 is 5.97 Å². The minimum absolute atomic E-state index is 0.354. The summed E-state index contributed by atoms with van der Waals surface area (Å²) in [5.41, 5.74) is 0.832. The van der Waals surface area contributed by atoms with Crippen LogP contribution in [0.4, 0.5) is 0 Å². The third-order valence-electron chi connectivity index (χ3n) is 1.88. The molecule has 3 nitrogen and oxygen atoms in total. The highest BCUT2D eigenvalue weighted by Gasteiger charge is 2.01. The second kappa shape index (κ2) is 6.33. The number of rotatable bonds is 4. The first-order valence-electron chi connectivity index (χ1n) is 4.85. The maximum Gasteiger partial charge on any atom is 0.330 e. The van der Waals surface area contributed by atoms with Crippen molar-refractivity contribution >= 4 is 28.0 Å². The van der Waals surface area contributed by atoms with Gasteiger partial charge < -0.3 is 9.47 Å². The van der Waals surface area contributed by atoms with Crippen LogP contribution in [0.1, 0.15) is 12.5 Å². The summed E-state index contributed by atoms with van der Waals surface area (Å²) < 4.78 is 10.9. The Bertz CT molecular complexity index is 399. The third-order valence-corrected chi connectivity index (χ3v) is 2.37. The van der Waals surface area contributed by atoms with Gasteiger partial charge in [0.05, 0.1) is 13.7 Å². The van der Waals surface area contributed by atoms with Gasteiger partial charge in [-0.25, -0.2) is 4.79 Å². The van der Waals surface area contributed by atoms with E-state index >= 15 is 0 Å². The number of esters is 1. The Morgan fingerprint density at radius 1 is 1.50 bits per heavy atom. The van der Waals surface area contributed by atoms with E-state index in [4.69, 9.17) is 9.47 Å². The quantitative estimate of drug-likeness (QED) is 0.630. The first-order chi connectivity index (χ1) is 7.67. The largest absolute Gasteiger partial charge is 0.496 e. The van der Waals surface area contributed by atoms with Crippen LogP contribution in [0, 0.1) is 0 Å². The molecule has 16 heavy (non-hydrogen) atoms. The van der Waals surface area contributed by atoms with Crippen LogP contribution in [-0.2, 0) is 9.53 Å². The molecular weight excluding hydrogens is 272 g/mol. The Hall–Kier alpha value is -1.29. The van der Waals surface area contributed by atoms with Crippen LogP contribution in [0.5, 0.6) is 5.75 Å². The predicted octanol–water partition coefficient (Wildman–Crippen LogP) is 3.03. The molecule has 0 N–H and O–H groups in total. The zero-order valence-electron chi connectivity index (χ0n) is 9.20. The fourth-order valence-electron chi connectivity index (χ4n) is 1.17. The van der Waals surface area contributed by atoms with Gasteiger partial charge in [-0.2, -0.15) is 0 Å². The molecule has 0 spiro atoms. The summed E-state index contributed by atoms with van der Waals surface area (Å²) >= 11 is 3.35. The SMILES string of the molecule is CCOC(=O)/C=C/c1ccc(Br)cc1OC. The van der Waals surface area contributed by atoms with E-state index in [0.29, 0.717) is 12.4 Å². The van der Waals surface area contributed by atoms with E-state index in [0.717, 1.165) is 10.0 Å². The topological polar surface area (TPSA) is 35.5 Å². The lowest BCUT2D eigenvalue weighted by Crippen LogP contribution is -1.98. The van der Waals surface area contributed by atoms with Crippen molar-refractivity contribution in [2.75, 3.05) is 13.7 Å². The Morgan fingerprint density at radius 3 is 2.88 bits per heavy atom. The number of carbonyl (C=O) groups excluding carboxylic acids is 1. The van der Waals surface area contributed by atoms with Gasteiger partial charge in [0, 0.05) is 16.1 Å². The van der Waals surface area contributed by atoms with Gasteiger partial charge in [0.2, 0.25) is 0 Å². The lowest BCUT2D eigenvalue weighted by atomic mass is 10.2. The van der Waals surface area contributed by atoms with E-state index < -0.39 is 0 Å². The lowest BCUT2D eigenvalue weighted by Gasteiger charge is -2.04. The smallest absolute Gasteiger partial charge is 0.330 e. The Labute approximate surface area is 103 Å². The average molecular weight is 285 g/mol. The van der Waals surface area contributed by atoms with Crippen LogP contribution >= 0.6 is 15.9 Å². The van der Waals surface area contributed by atoms with E-state index in [-0.39, 0.29) is 5.97 Å². The molecule has 4 heteroatoms. The molecule has 0 saturated heterocycles. The molecule has 0 aromatic heterocycles. The average Bonchev–Trinajstić information content (AvgIpc) is 2.27. The van der Waals surface area contributed by atoms with Gasteiger partial charge in [-0.05, 0) is 25.1 Å². The van der Waals surface area contributed by atoms with Gasteiger partial charge in [0.15, 0.2) is 0 Å². The van der Waals surface area contributed by atoms with Crippen LogP contribution in [0.3, 0.4) is 0 Å². The molecule has 1 aromatic carbocycles. The molecule has 0 radical (unpaired) electrons. The van der Waals surface area contributed by atoms with Crippen molar-refractivity contribution < 1.29 is 14.3 Å². The molecule has 0 heterocycles. The minimum atomic E-state index is -0.354. The van der Waals surface area contributed by atoms with Crippen molar-refractivity contribution in [3.05, 3.63) is 34.3 Å². The zero-order chi connectivity index (χ0) is 12.0. The predicted molar refractivity (Wildman–Crippen MR) is 66.4 cm³/mol. The van der Waals surface area contributed by atoms with Gasteiger partial charge in [0.1, 0.15) is 5.75 Å². The molecule has 0 aliphatic carbocycles. The van der Waals surface area contributed by atoms with E-state index in [2.05, 4.69) is 15.9 Å². The van der Waals surface area contributed by atoms with Gasteiger partial charge in [-0.15, -0.1) is 0 Å². The molecule has 0 aliphatic heterocycles. The number of benzene rings is 1. The lowest BCUT2D eigenvalue weighted by molar-refractivity contribution is -0.137.